The Balaban J connectivity index is 2.55. The van der Waals surface area contributed by atoms with Crippen LogP contribution in [0.5, 0.6) is 0 Å². The molecule has 2 atom stereocenters. The first-order valence-corrected chi connectivity index (χ1v) is 7.11. The van der Waals surface area contributed by atoms with Crippen molar-refractivity contribution in [1.82, 2.24) is 0 Å². The van der Waals surface area contributed by atoms with Crippen molar-refractivity contribution in [3.05, 3.63) is 35.4 Å². The monoisotopic (exact) mass is 249 g/mol. The molecular weight excluding hydrogens is 222 g/mol. The highest BCUT2D eigenvalue weighted by atomic mass is 16.3. The summed E-state index contributed by atoms with van der Waals surface area (Å²) in [7, 11) is 0. The first-order chi connectivity index (χ1) is 8.71. The van der Waals surface area contributed by atoms with Gasteiger partial charge in [-0.15, -0.1) is 0 Å². The zero-order valence-corrected chi connectivity index (χ0v) is 11.7. The molecule has 2 nitrogen and oxygen atoms in total. The second-order valence-corrected chi connectivity index (χ2v) is 5.27. The normalized spacial score (nSPS) is 14.4. The van der Waals surface area contributed by atoms with Crippen LogP contribution in [0.15, 0.2) is 24.3 Å². The fourth-order valence-electron chi connectivity index (χ4n) is 2.28. The van der Waals surface area contributed by atoms with Gasteiger partial charge in [0.1, 0.15) is 0 Å². The Labute approximate surface area is 111 Å². The fraction of sp³-hybridized carbons (Fsp3) is 0.625. The molecule has 0 spiro atoms. The molecule has 1 aromatic rings. The van der Waals surface area contributed by atoms with Gasteiger partial charge in [-0.25, -0.2) is 0 Å². The predicted octanol–water partition coefficient (Wildman–Crippen LogP) is 3.09. The van der Waals surface area contributed by atoms with Crippen LogP contribution in [0.1, 0.15) is 50.2 Å². The summed E-state index contributed by atoms with van der Waals surface area (Å²) < 4.78 is 0. The van der Waals surface area contributed by atoms with E-state index in [4.69, 9.17) is 5.73 Å². The highest BCUT2D eigenvalue weighted by Crippen LogP contribution is 2.23. The zero-order valence-electron chi connectivity index (χ0n) is 11.7. The minimum Gasteiger partial charge on any atom is -0.396 e. The van der Waals surface area contributed by atoms with Gasteiger partial charge in [-0.1, -0.05) is 44.5 Å². The van der Waals surface area contributed by atoms with E-state index in [1.54, 1.807) is 0 Å². The molecule has 0 heterocycles. The van der Waals surface area contributed by atoms with Gasteiger partial charge in [0, 0.05) is 6.61 Å². The van der Waals surface area contributed by atoms with Crippen LogP contribution >= 0.6 is 0 Å². The van der Waals surface area contributed by atoms with Gasteiger partial charge in [-0.05, 0) is 48.8 Å². The Kier molecular flexibility index (Phi) is 6.99. The number of aliphatic hydroxyl groups is 1. The molecule has 0 aliphatic carbocycles. The summed E-state index contributed by atoms with van der Waals surface area (Å²) in [6, 6.07) is 8.91. The third kappa shape index (κ3) is 4.79. The topological polar surface area (TPSA) is 46.2 Å². The summed E-state index contributed by atoms with van der Waals surface area (Å²) in [4.78, 5) is 0. The van der Waals surface area contributed by atoms with Gasteiger partial charge >= 0.3 is 0 Å². The Morgan fingerprint density at radius 1 is 1.22 bits per heavy atom. The number of unbranched alkanes of at least 4 members (excludes halogenated alkanes) is 1. The third-order valence-corrected chi connectivity index (χ3v) is 3.65. The zero-order chi connectivity index (χ0) is 13.4. The van der Waals surface area contributed by atoms with Crippen LogP contribution in [-0.2, 0) is 6.42 Å². The van der Waals surface area contributed by atoms with Crippen molar-refractivity contribution >= 4 is 0 Å². The number of aryl methyl sites for hydroxylation is 1. The SMILES string of the molecule is CCCCc1ccc(C(C)CC(CN)CO)cc1. The van der Waals surface area contributed by atoms with Gasteiger partial charge in [-0.2, -0.15) is 0 Å². The van der Waals surface area contributed by atoms with E-state index in [9.17, 15) is 5.11 Å². The van der Waals surface area contributed by atoms with Crippen molar-refractivity contribution in [1.29, 1.82) is 0 Å². The largest absolute Gasteiger partial charge is 0.396 e. The molecule has 0 amide bonds. The molecule has 102 valence electrons. The molecule has 0 radical (unpaired) electrons. The lowest BCUT2D eigenvalue weighted by Gasteiger charge is -2.18. The minimum absolute atomic E-state index is 0.190. The maximum Gasteiger partial charge on any atom is 0.0471 e. The maximum atomic E-state index is 9.18. The molecule has 2 unspecified atom stereocenters. The van der Waals surface area contributed by atoms with Crippen molar-refractivity contribution in [3.8, 4) is 0 Å². The number of nitrogens with two attached hydrogens (primary N) is 1. The standard InChI is InChI=1S/C16H27NO/c1-3-4-5-14-6-8-16(9-7-14)13(2)10-15(11-17)12-18/h6-9,13,15,18H,3-5,10-12,17H2,1-2H3. The van der Waals surface area contributed by atoms with Crippen LogP contribution in [-0.4, -0.2) is 18.3 Å². The average molecular weight is 249 g/mol. The van der Waals surface area contributed by atoms with E-state index in [0.717, 1.165) is 6.42 Å². The molecular formula is C16H27NO. The fourth-order valence-corrected chi connectivity index (χ4v) is 2.28. The Bertz CT molecular complexity index is 316. The number of hydrogen-bond acceptors (Lipinski definition) is 2. The van der Waals surface area contributed by atoms with E-state index in [1.165, 1.54) is 30.4 Å². The molecule has 3 N–H and O–H groups in total. The quantitative estimate of drug-likeness (QED) is 0.743. The number of hydrogen-bond donors (Lipinski definition) is 2. The molecule has 2 heteroatoms. The first-order valence-electron chi connectivity index (χ1n) is 7.11. The molecule has 18 heavy (non-hydrogen) atoms. The van der Waals surface area contributed by atoms with Gasteiger partial charge in [0.2, 0.25) is 0 Å². The predicted molar refractivity (Wildman–Crippen MR) is 77.7 cm³/mol. The summed E-state index contributed by atoms with van der Waals surface area (Å²) >= 11 is 0. The second-order valence-electron chi connectivity index (χ2n) is 5.27. The van der Waals surface area contributed by atoms with Gasteiger partial charge in [0.15, 0.2) is 0 Å². The Morgan fingerprint density at radius 2 is 1.89 bits per heavy atom. The summed E-state index contributed by atoms with van der Waals surface area (Å²) in [6.45, 7) is 5.18. The molecule has 0 aliphatic heterocycles. The van der Waals surface area contributed by atoms with Crippen LogP contribution in [0, 0.1) is 5.92 Å². The molecule has 0 aromatic heterocycles. The van der Waals surface area contributed by atoms with Crippen molar-refractivity contribution in [3.63, 3.8) is 0 Å². The van der Waals surface area contributed by atoms with Gasteiger partial charge in [0.25, 0.3) is 0 Å². The Hall–Kier alpha value is -0.860. The van der Waals surface area contributed by atoms with Crippen LogP contribution in [0.3, 0.4) is 0 Å². The van der Waals surface area contributed by atoms with Crippen LogP contribution in [0.25, 0.3) is 0 Å². The van der Waals surface area contributed by atoms with Gasteiger partial charge in [0.05, 0.1) is 0 Å². The number of aliphatic hydroxyl groups excluding tert-OH is 1. The summed E-state index contributed by atoms with van der Waals surface area (Å²) in [6.07, 6.45) is 4.63. The third-order valence-electron chi connectivity index (χ3n) is 3.65. The van der Waals surface area contributed by atoms with Crippen molar-refractivity contribution in [2.45, 2.75) is 45.4 Å². The highest BCUT2D eigenvalue weighted by Gasteiger charge is 2.12. The van der Waals surface area contributed by atoms with Gasteiger partial charge < -0.3 is 10.8 Å². The van der Waals surface area contributed by atoms with Crippen molar-refractivity contribution < 1.29 is 5.11 Å². The number of rotatable bonds is 8. The molecule has 1 rings (SSSR count). The molecule has 0 bridgehead atoms. The lowest BCUT2D eigenvalue weighted by Crippen LogP contribution is -2.20. The molecule has 1 aromatic carbocycles. The minimum atomic E-state index is 0.190. The molecule has 0 saturated heterocycles. The van der Waals surface area contributed by atoms with Gasteiger partial charge in [-0.3, -0.25) is 0 Å². The number of benzene rings is 1. The van der Waals surface area contributed by atoms with E-state index in [2.05, 4.69) is 38.1 Å². The lowest BCUT2D eigenvalue weighted by atomic mass is 9.90. The molecule has 0 aliphatic rings. The molecule has 0 saturated carbocycles. The second kappa shape index (κ2) is 8.28. The van der Waals surface area contributed by atoms with E-state index in [-0.39, 0.29) is 12.5 Å². The lowest BCUT2D eigenvalue weighted by molar-refractivity contribution is 0.217. The summed E-state index contributed by atoms with van der Waals surface area (Å²) in [5.74, 6) is 0.686. The van der Waals surface area contributed by atoms with Crippen LogP contribution in [0.4, 0.5) is 0 Å². The van der Waals surface area contributed by atoms with Crippen LogP contribution < -0.4 is 5.73 Å². The first kappa shape index (κ1) is 15.2. The summed E-state index contributed by atoms with van der Waals surface area (Å²) in [5.41, 5.74) is 8.40. The van der Waals surface area contributed by atoms with Crippen molar-refractivity contribution in [2.75, 3.05) is 13.2 Å². The smallest absolute Gasteiger partial charge is 0.0471 e. The van der Waals surface area contributed by atoms with E-state index >= 15 is 0 Å². The highest BCUT2D eigenvalue weighted by molar-refractivity contribution is 5.25. The maximum absolute atomic E-state index is 9.18. The summed E-state index contributed by atoms with van der Waals surface area (Å²) in [5, 5.41) is 9.18. The Morgan fingerprint density at radius 3 is 2.39 bits per heavy atom. The van der Waals surface area contributed by atoms with Crippen molar-refractivity contribution in [2.24, 2.45) is 11.7 Å². The van der Waals surface area contributed by atoms with Crippen LogP contribution in [0.2, 0.25) is 0 Å². The van der Waals surface area contributed by atoms with E-state index in [0.29, 0.717) is 12.5 Å². The van der Waals surface area contributed by atoms with E-state index < -0.39 is 0 Å². The average Bonchev–Trinajstić information content (AvgIpc) is 2.42. The molecule has 0 fully saturated rings. The van der Waals surface area contributed by atoms with E-state index in [1.807, 2.05) is 0 Å².